The number of nitrogens with zero attached hydrogens (tertiary/aromatic N) is 3. The summed E-state index contributed by atoms with van der Waals surface area (Å²) < 4.78 is 1.70. The molecule has 1 N–H and O–H groups in total. The first-order valence-corrected chi connectivity index (χ1v) is 6.95. The molecule has 0 saturated heterocycles. The molecule has 1 aromatic heterocycles. The lowest BCUT2D eigenvalue weighted by Gasteiger charge is -2.26. The van der Waals surface area contributed by atoms with Crippen LogP contribution in [0.15, 0.2) is 12.7 Å². The van der Waals surface area contributed by atoms with E-state index >= 15 is 0 Å². The highest BCUT2D eigenvalue weighted by Crippen LogP contribution is 2.35. The van der Waals surface area contributed by atoms with Crippen molar-refractivity contribution in [2.45, 2.75) is 53.7 Å². The van der Waals surface area contributed by atoms with E-state index in [-0.39, 0.29) is 6.04 Å². The van der Waals surface area contributed by atoms with Crippen LogP contribution in [-0.4, -0.2) is 19.9 Å². The quantitative estimate of drug-likeness (QED) is 0.934. The zero-order valence-electron chi connectivity index (χ0n) is 13.1. The summed E-state index contributed by atoms with van der Waals surface area (Å²) in [7, 11) is 0. The fourth-order valence-electron chi connectivity index (χ4n) is 2.79. The van der Waals surface area contributed by atoms with Gasteiger partial charge in [-0.05, 0) is 74.9 Å². The van der Waals surface area contributed by atoms with Gasteiger partial charge in [0.05, 0.1) is 6.04 Å². The lowest BCUT2D eigenvalue weighted by Crippen LogP contribution is -2.18. The van der Waals surface area contributed by atoms with Crippen LogP contribution < -0.4 is 0 Å². The molecule has 4 nitrogen and oxygen atoms in total. The molecule has 2 aromatic rings. The Hall–Kier alpha value is -1.68. The van der Waals surface area contributed by atoms with Gasteiger partial charge in [-0.15, -0.1) is 0 Å². The van der Waals surface area contributed by atoms with Crippen molar-refractivity contribution < 1.29 is 5.11 Å². The van der Waals surface area contributed by atoms with Crippen LogP contribution in [0.1, 0.15) is 52.5 Å². The van der Waals surface area contributed by atoms with E-state index in [1.807, 2.05) is 6.92 Å². The second-order valence-electron chi connectivity index (χ2n) is 5.60. The van der Waals surface area contributed by atoms with Crippen LogP contribution in [0.4, 0.5) is 0 Å². The largest absolute Gasteiger partial charge is 0.386 e. The van der Waals surface area contributed by atoms with Crippen molar-refractivity contribution in [2.75, 3.05) is 0 Å². The molecule has 0 spiro atoms. The highest BCUT2D eigenvalue weighted by Gasteiger charge is 2.24. The molecule has 0 bridgehead atoms. The monoisotopic (exact) mass is 273 g/mol. The van der Waals surface area contributed by atoms with Crippen LogP contribution in [0.2, 0.25) is 0 Å². The van der Waals surface area contributed by atoms with E-state index < -0.39 is 6.10 Å². The Balaban J connectivity index is 2.53. The number of rotatable bonds is 3. The summed E-state index contributed by atoms with van der Waals surface area (Å²) in [6.45, 7) is 12.5. The SMILES string of the molecule is Cc1c(C)c(C)c(C(O)C(C)n2cncn2)c(C)c1C. The van der Waals surface area contributed by atoms with E-state index in [1.165, 1.54) is 34.1 Å². The van der Waals surface area contributed by atoms with Crippen molar-refractivity contribution in [3.63, 3.8) is 0 Å². The molecule has 20 heavy (non-hydrogen) atoms. The molecule has 0 radical (unpaired) electrons. The molecule has 0 amide bonds. The lowest BCUT2D eigenvalue weighted by atomic mass is 9.85. The van der Waals surface area contributed by atoms with Gasteiger partial charge in [0.2, 0.25) is 0 Å². The molecule has 2 unspecified atom stereocenters. The van der Waals surface area contributed by atoms with E-state index in [0.29, 0.717) is 0 Å². The van der Waals surface area contributed by atoms with Gasteiger partial charge in [-0.3, -0.25) is 0 Å². The van der Waals surface area contributed by atoms with Crippen molar-refractivity contribution in [3.8, 4) is 0 Å². The number of aliphatic hydroxyl groups is 1. The average molecular weight is 273 g/mol. The van der Waals surface area contributed by atoms with Crippen LogP contribution in [0.3, 0.4) is 0 Å². The maximum atomic E-state index is 10.8. The first-order valence-electron chi connectivity index (χ1n) is 6.95. The highest BCUT2D eigenvalue weighted by molar-refractivity contribution is 5.50. The fraction of sp³-hybridized carbons (Fsp3) is 0.500. The Kier molecular flexibility index (Phi) is 3.95. The normalized spacial score (nSPS) is 14.3. The van der Waals surface area contributed by atoms with Crippen LogP contribution in [0.25, 0.3) is 0 Å². The molecule has 1 heterocycles. The summed E-state index contributed by atoms with van der Waals surface area (Å²) in [4.78, 5) is 3.95. The number of benzene rings is 1. The standard InChI is InChI=1S/C16H23N3O/c1-9-10(2)12(4)15(13(5)11(9)3)16(20)14(6)19-8-17-7-18-19/h7-8,14,16,20H,1-6H3. The van der Waals surface area contributed by atoms with Gasteiger partial charge in [-0.2, -0.15) is 5.10 Å². The van der Waals surface area contributed by atoms with Gasteiger partial charge >= 0.3 is 0 Å². The molecule has 0 fully saturated rings. The Morgan fingerprint density at radius 2 is 1.45 bits per heavy atom. The molecule has 2 rings (SSSR count). The topological polar surface area (TPSA) is 50.9 Å². The number of aromatic nitrogens is 3. The summed E-state index contributed by atoms with van der Waals surface area (Å²) in [6, 6.07) is -0.142. The van der Waals surface area contributed by atoms with Gasteiger partial charge in [0.25, 0.3) is 0 Å². The predicted octanol–water partition coefficient (Wildman–Crippen LogP) is 3.11. The zero-order valence-corrected chi connectivity index (χ0v) is 13.1. The Bertz CT molecular complexity index is 588. The van der Waals surface area contributed by atoms with Crippen molar-refractivity contribution in [1.82, 2.24) is 14.8 Å². The summed E-state index contributed by atoms with van der Waals surface area (Å²) in [5.41, 5.74) is 7.19. The van der Waals surface area contributed by atoms with E-state index in [2.05, 4.69) is 44.7 Å². The van der Waals surface area contributed by atoms with Crippen LogP contribution in [0, 0.1) is 34.6 Å². The van der Waals surface area contributed by atoms with Gasteiger partial charge < -0.3 is 5.11 Å². The van der Waals surface area contributed by atoms with E-state index in [9.17, 15) is 5.11 Å². The summed E-state index contributed by atoms with van der Waals surface area (Å²) >= 11 is 0. The maximum absolute atomic E-state index is 10.8. The molecule has 0 aliphatic carbocycles. The fourth-order valence-corrected chi connectivity index (χ4v) is 2.79. The minimum absolute atomic E-state index is 0.142. The molecule has 0 saturated carbocycles. The molecule has 4 heteroatoms. The minimum Gasteiger partial charge on any atom is -0.386 e. The third-order valence-electron chi connectivity index (χ3n) is 4.66. The first-order chi connectivity index (χ1) is 9.36. The summed E-state index contributed by atoms with van der Waals surface area (Å²) in [5.74, 6) is 0. The third kappa shape index (κ3) is 2.24. The number of hydrogen-bond acceptors (Lipinski definition) is 3. The molecular formula is C16H23N3O. The molecule has 0 aliphatic heterocycles. The van der Waals surface area contributed by atoms with Gasteiger partial charge in [0.1, 0.15) is 18.8 Å². The number of hydrogen-bond donors (Lipinski definition) is 1. The average Bonchev–Trinajstić information content (AvgIpc) is 2.96. The summed E-state index contributed by atoms with van der Waals surface area (Å²) in [5, 5.41) is 14.9. The molecule has 0 aliphatic rings. The van der Waals surface area contributed by atoms with E-state index in [1.54, 1.807) is 11.0 Å². The molecule has 2 atom stereocenters. The van der Waals surface area contributed by atoms with Crippen LogP contribution in [0.5, 0.6) is 0 Å². The summed E-state index contributed by atoms with van der Waals surface area (Å²) in [6.07, 6.45) is 2.55. The second kappa shape index (κ2) is 5.37. The Labute approximate surface area is 120 Å². The van der Waals surface area contributed by atoms with Crippen molar-refractivity contribution >= 4 is 0 Å². The minimum atomic E-state index is -0.588. The Morgan fingerprint density at radius 3 is 1.90 bits per heavy atom. The van der Waals surface area contributed by atoms with Crippen molar-refractivity contribution in [2.24, 2.45) is 0 Å². The van der Waals surface area contributed by atoms with Crippen molar-refractivity contribution in [1.29, 1.82) is 0 Å². The van der Waals surface area contributed by atoms with Crippen molar-refractivity contribution in [3.05, 3.63) is 46.0 Å². The van der Waals surface area contributed by atoms with Gasteiger partial charge in [0.15, 0.2) is 0 Å². The number of aliphatic hydroxyl groups excluding tert-OH is 1. The lowest BCUT2D eigenvalue weighted by molar-refractivity contribution is 0.114. The van der Waals surface area contributed by atoms with E-state index in [0.717, 1.165) is 5.56 Å². The Morgan fingerprint density at radius 1 is 0.950 bits per heavy atom. The van der Waals surface area contributed by atoms with Crippen LogP contribution >= 0.6 is 0 Å². The highest BCUT2D eigenvalue weighted by atomic mass is 16.3. The van der Waals surface area contributed by atoms with E-state index in [4.69, 9.17) is 0 Å². The van der Waals surface area contributed by atoms with Gasteiger partial charge in [-0.1, -0.05) is 0 Å². The molecular weight excluding hydrogens is 250 g/mol. The zero-order chi connectivity index (χ0) is 15.0. The molecule has 108 valence electrons. The van der Waals surface area contributed by atoms with Gasteiger partial charge in [-0.25, -0.2) is 9.67 Å². The second-order valence-corrected chi connectivity index (χ2v) is 5.60. The first kappa shape index (κ1) is 14.7. The predicted molar refractivity (Wildman–Crippen MR) is 79.8 cm³/mol. The molecule has 1 aromatic carbocycles. The third-order valence-corrected chi connectivity index (χ3v) is 4.66. The smallest absolute Gasteiger partial charge is 0.137 e. The van der Waals surface area contributed by atoms with Gasteiger partial charge in [0, 0.05) is 0 Å². The van der Waals surface area contributed by atoms with Crippen LogP contribution in [-0.2, 0) is 0 Å². The maximum Gasteiger partial charge on any atom is 0.137 e.